The second-order valence-corrected chi connectivity index (χ2v) is 7.97. The maximum absolute atomic E-state index is 13.1. The van der Waals surface area contributed by atoms with Crippen LogP contribution < -0.4 is 10.1 Å². The van der Waals surface area contributed by atoms with Gasteiger partial charge in [0.05, 0.1) is 24.7 Å². The minimum Gasteiger partial charge on any atom is -0.497 e. The molecule has 7 heteroatoms. The van der Waals surface area contributed by atoms with Gasteiger partial charge in [-0.25, -0.2) is 14.1 Å². The van der Waals surface area contributed by atoms with E-state index in [1.807, 2.05) is 40.5 Å². The summed E-state index contributed by atoms with van der Waals surface area (Å²) in [5, 5.41) is 11.1. The number of hydrogen-bond donors (Lipinski definition) is 1. The zero-order valence-corrected chi connectivity index (χ0v) is 17.9. The molecule has 1 atom stereocenters. The Morgan fingerprint density at radius 1 is 1.13 bits per heavy atom. The van der Waals surface area contributed by atoms with Crippen LogP contribution in [0.25, 0.3) is 16.9 Å². The quantitative estimate of drug-likeness (QED) is 0.439. The molecule has 0 amide bonds. The topological polar surface area (TPSA) is 52.0 Å². The molecule has 2 aromatic heterocycles. The van der Waals surface area contributed by atoms with Crippen LogP contribution in [-0.2, 0) is 6.54 Å². The summed E-state index contributed by atoms with van der Waals surface area (Å²) in [4.78, 5) is 4.67. The number of nitrogens with one attached hydrogen (secondary N) is 1. The lowest BCUT2D eigenvalue weighted by molar-refractivity contribution is 0.414. The fourth-order valence-electron chi connectivity index (χ4n) is 3.33. The molecule has 2 heterocycles. The van der Waals surface area contributed by atoms with Crippen molar-refractivity contribution in [2.75, 3.05) is 7.11 Å². The van der Waals surface area contributed by atoms with Gasteiger partial charge in [0.25, 0.3) is 0 Å². The van der Waals surface area contributed by atoms with Crippen molar-refractivity contribution in [1.82, 2.24) is 20.1 Å². The molecule has 0 spiro atoms. The molecule has 30 heavy (non-hydrogen) atoms. The van der Waals surface area contributed by atoms with Crippen LogP contribution in [0.4, 0.5) is 4.39 Å². The van der Waals surface area contributed by atoms with Gasteiger partial charge in [0, 0.05) is 34.8 Å². The molecule has 0 saturated carbocycles. The van der Waals surface area contributed by atoms with Crippen molar-refractivity contribution in [1.29, 1.82) is 0 Å². The van der Waals surface area contributed by atoms with Gasteiger partial charge < -0.3 is 10.1 Å². The summed E-state index contributed by atoms with van der Waals surface area (Å²) in [6, 6.07) is 14.4. The van der Waals surface area contributed by atoms with Crippen LogP contribution in [0.15, 0.2) is 60.1 Å². The maximum atomic E-state index is 13.1. The first kappa shape index (κ1) is 20.3. The number of benzene rings is 2. The molecular formula is C23H23FN4OS. The third-order valence-electron chi connectivity index (χ3n) is 5.08. The third-order valence-corrected chi connectivity index (χ3v) is 5.93. The highest BCUT2D eigenvalue weighted by molar-refractivity contribution is 7.09. The molecule has 1 N–H and O–H groups in total. The van der Waals surface area contributed by atoms with Crippen molar-refractivity contribution in [3.8, 4) is 22.7 Å². The average molecular weight is 423 g/mol. The van der Waals surface area contributed by atoms with Gasteiger partial charge in [0.1, 0.15) is 16.6 Å². The summed E-state index contributed by atoms with van der Waals surface area (Å²) < 4.78 is 20.3. The number of methoxy groups -OCH3 is 1. The lowest BCUT2D eigenvalue weighted by atomic mass is 10.1. The number of ether oxygens (including phenoxy) is 1. The van der Waals surface area contributed by atoms with E-state index in [-0.39, 0.29) is 11.9 Å². The average Bonchev–Trinajstić information content (AvgIpc) is 3.39. The second-order valence-electron chi connectivity index (χ2n) is 7.03. The molecule has 0 radical (unpaired) electrons. The first-order valence-electron chi connectivity index (χ1n) is 9.68. The molecule has 0 bridgehead atoms. The van der Waals surface area contributed by atoms with Crippen LogP contribution in [0.2, 0.25) is 0 Å². The number of rotatable bonds is 7. The van der Waals surface area contributed by atoms with Crippen LogP contribution in [0.1, 0.15) is 29.2 Å². The van der Waals surface area contributed by atoms with E-state index < -0.39 is 0 Å². The molecule has 4 rings (SSSR count). The molecule has 2 aromatic carbocycles. The van der Waals surface area contributed by atoms with E-state index in [2.05, 4.69) is 29.2 Å². The SMILES string of the molecule is COc1ccc(-n2ncc(C(C)NCc3nc(-c4ccc(F)cc4)cs3)c2C)cc1. The van der Waals surface area contributed by atoms with Crippen LogP contribution in [0.3, 0.4) is 0 Å². The van der Waals surface area contributed by atoms with Crippen molar-refractivity contribution in [3.63, 3.8) is 0 Å². The van der Waals surface area contributed by atoms with Crippen molar-refractivity contribution < 1.29 is 9.13 Å². The molecule has 0 fully saturated rings. The largest absolute Gasteiger partial charge is 0.497 e. The highest BCUT2D eigenvalue weighted by Gasteiger charge is 2.15. The standard InChI is InChI=1S/C23H23FN4OS/c1-15(21-12-26-28(16(21)2)19-8-10-20(29-3)11-9-19)25-13-23-27-22(14-30-23)17-4-6-18(24)7-5-17/h4-12,14-15,25H,13H2,1-3H3. The van der Waals surface area contributed by atoms with Crippen molar-refractivity contribution in [2.45, 2.75) is 26.4 Å². The van der Waals surface area contributed by atoms with Crippen LogP contribution in [-0.4, -0.2) is 21.9 Å². The second kappa shape index (κ2) is 8.77. The van der Waals surface area contributed by atoms with Gasteiger partial charge in [-0.3, -0.25) is 0 Å². The summed E-state index contributed by atoms with van der Waals surface area (Å²) in [6.07, 6.45) is 1.91. The van der Waals surface area contributed by atoms with E-state index in [0.29, 0.717) is 6.54 Å². The maximum Gasteiger partial charge on any atom is 0.123 e. The van der Waals surface area contributed by atoms with Gasteiger partial charge in [-0.1, -0.05) is 0 Å². The number of aromatic nitrogens is 3. The van der Waals surface area contributed by atoms with Crippen LogP contribution in [0.5, 0.6) is 5.75 Å². The van der Waals surface area contributed by atoms with Crippen molar-refractivity contribution in [3.05, 3.63) is 82.2 Å². The highest BCUT2D eigenvalue weighted by Crippen LogP contribution is 2.24. The monoisotopic (exact) mass is 422 g/mol. The van der Waals surface area contributed by atoms with Gasteiger partial charge in [-0.05, 0) is 62.4 Å². The Hall–Kier alpha value is -3.03. The van der Waals surface area contributed by atoms with E-state index >= 15 is 0 Å². The molecular weight excluding hydrogens is 399 g/mol. The summed E-state index contributed by atoms with van der Waals surface area (Å²) in [7, 11) is 1.66. The predicted molar refractivity (Wildman–Crippen MR) is 118 cm³/mol. The lowest BCUT2D eigenvalue weighted by Gasteiger charge is -2.13. The Balaban J connectivity index is 1.43. The first-order valence-corrected chi connectivity index (χ1v) is 10.6. The van der Waals surface area contributed by atoms with Gasteiger partial charge in [-0.15, -0.1) is 11.3 Å². The molecule has 0 saturated heterocycles. The zero-order chi connectivity index (χ0) is 21.1. The van der Waals surface area contributed by atoms with Gasteiger partial charge in [0.2, 0.25) is 0 Å². The van der Waals surface area contributed by atoms with Gasteiger partial charge >= 0.3 is 0 Å². The van der Waals surface area contributed by atoms with Crippen molar-refractivity contribution in [2.24, 2.45) is 0 Å². The summed E-state index contributed by atoms with van der Waals surface area (Å²) >= 11 is 1.60. The Morgan fingerprint density at radius 2 is 1.87 bits per heavy atom. The Kier molecular flexibility index (Phi) is 5.92. The molecule has 0 aliphatic heterocycles. The lowest BCUT2D eigenvalue weighted by Crippen LogP contribution is -2.18. The molecule has 154 valence electrons. The normalized spacial score (nSPS) is 12.1. The van der Waals surface area contributed by atoms with Gasteiger partial charge in [0.15, 0.2) is 0 Å². The van der Waals surface area contributed by atoms with E-state index in [1.165, 1.54) is 12.1 Å². The van der Waals surface area contributed by atoms with E-state index in [1.54, 1.807) is 30.6 Å². The number of thiazole rings is 1. The van der Waals surface area contributed by atoms with E-state index in [0.717, 1.165) is 39.0 Å². The molecule has 5 nitrogen and oxygen atoms in total. The zero-order valence-electron chi connectivity index (χ0n) is 17.1. The first-order chi connectivity index (χ1) is 14.5. The molecule has 0 aliphatic carbocycles. The third kappa shape index (κ3) is 4.27. The Labute approximate surface area is 179 Å². The van der Waals surface area contributed by atoms with Crippen LogP contribution >= 0.6 is 11.3 Å². The fourth-order valence-corrected chi connectivity index (χ4v) is 4.08. The predicted octanol–water partition coefficient (Wildman–Crippen LogP) is 5.30. The van der Waals surface area contributed by atoms with Crippen molar-refractivity contribution >= 4 is 11.3 Å². The molecule has 1 unspecified atom stereocenters. The fraction of sp³-hybridized carbons (Fsp3) is 0.217. The van der Waals surface area contributed by atoms with E-state index in [9.17, 15) is 4.39 Å². The minimum absolute atomic E-state index is 0.121. The smallest absolute Gasteiger partial charge is 0.123 e. The number of hydrogen-bond acceptors (Lipinski definition) is 5. The number of halogens is 1. The summed E-state index contributed by atoms with van der Waals surface area (Å²) in [5.41, 5.74) is 5.01. The number of nitrogens with zero attached hydrogens (tertiary/aromatic N) is 3. The molecule has 0 aliphatic rings. The summed E-state index contributed by atoms with van der Waals surface area (Å²) in [5.74, 6) is 0.581. The Morgan fingerprint density at radius 3 is 2.57 bits per heavy atom. The highest BCUT2D eigenvalue weighted by atomic mass is 32.1. The molecule has 4 aromatic rings. The summed E-state index contributed by atoms with van der Waals surface area (Å²) in [6.45, 7) is 4.85. The van der Waals surface area contributed by atoms with Gasteiger partial charge in [-0.2, -0.15) is 5.10 Å². The Bertz CT molecular complexity index is 1120. The minimum atomic E-state index is -0.241. The van der Waals surface area contributed by atoms with E-state index in [4.69, 9.17) is 4.74 Å². The van der Waals surface area contributed by atoms with Crippen LogP contribution in [0, 0.1) is 12.7 Å².